The molecule has 2 rings (SSSR count). The first-order valence-corrected chi connectivity index (χ1v) is 8.94. The molecule has 27 heavy (non-hydrogen) atoms. The molecule has 2 aromatic carbocycles. The van der Waals surface area contributed by atoms with Gasteiger partial charge in [-0.05, 0) is 54.7 Å². The number of esters is 1. The van der Waals surface area contributed by atoms with Gasteiger partial charge in [0.25, 0.3) is 5.91 Å². The number of anilines is 1. The number of halogens is 1. The molecular weight excluding hydrogens is 345 g/mol. The highest BCUT2D eigenvalue weighted by atomic mass is 19.1. The summed E-state index contributed by atoms with van der Waals surface area (Å²) in [7, 11) is 0. The van der Waals surface area contributed by atoms with E-state index in [0.29, 0.717) is 11.5 Å². The first-order valence-electron chi connectivity index (χ1n) is 8.94. The van der Waals surface area contributed by atoms with Crippen LogP contribution in [-0.4, -0.2) is 18.0 Å². The maximum absolute atomic E-state index is 13.1. The number of nitrogens with one attached hydrogen (secondary N) is 1. The Morgan fingerprint density at radius 2 is 1.89 bits per heavy atom. The van der Waals surface area contributed by atoms with Crippen molar-refractivity contribution in [3.05, 3.63) is 71.6 Å². The number of ether oxygens (including phenoxy) is 1. The summed E-state index contributed by atoms with van der Waals surface area (Å²) in [5, 5.41) is 2.82. The molecule has 0 heterocycles. The lowest BCUT2D eigenvalue weighted by molar-refractivity contribution is -0.148. The molecule has 0 spiro atoms. The highest BCUT2D eigenvalue weighted by molar-refractivity contribution is 5.97. The molecule has 1 amide bonds. The van der Waals surface area contributed by atoms with Gasteiger partial charge in [-0.1, -0.05) is 44.2 Å². The fourth-order valence-electron chi connectivity index (χ4n) is 2.54. The fraction of sp³-hybridized carbons (Fsp3) is 0.273. The zero-order valence-electron chi connectivity index (χ0n) is 15.7. The van der Waals surface area contributed by atoms with E-state index in [0.717, 1.165) is 17.7 Å². The SMILES string of the molecule is CC[C@@H](C)c1ccccc1NC(=O)[C@@H](C)OC(=O)/C=C/c1cccc(F)c1. The minimum atomic E-state index is -0.959. The van der Waals surface area contributed by atoms with Gasteiger partial charge < -0.3 is 10.1 Å². The predicted molar refractivity (Wildman–Crippen MR) is 105 cm³/mol. The second-order valence-electron chi connectivity index (χ2n) is 6.35. The third kappa shape index (κ3) is 6.06. The Balaban J connectivity index is 1.97. The van der Waals surface area contributed by atoms with Crippen LogP contribution < -0.4 is 5.32 Å². The van der Waals surface area contributed by atoms with Crippen molar-refractivity contribution in [3.63, 3.8) is 0 Å². The lowest BCUT2D eigenvalue weighted by atomic mass is 9.97. The maximum Gasteiger partial charge on any atom is 0.331 e. The molecule has 0 fully saturated rings. The molecule has 0 aliphatic rings. The maximum atomic E-state index is 13.1. The molecule has 1 N–H and O–H groups in total. The van der Waals surface area contributed by atoms with Crippen LogP contribution in [0.4, 0.5) is 10.1 Å². The van der Waals surface area contributed by atoms with Gasteiger partial charge >= 0.3 is 5.97 Å². The van der Waals surface area contributed by atoms with E-state index in [4.69, 9.17) is 4.74 Å². The number of rotatable bonds is 7. The van der Waals surface area contributed by atoms with Crippen LogP contribution in [0.15, 0.2) is 54.6 Å². The Kier molecular flexibility index (Phi) is 7.29. The van der Waals surface area contributed by atoms with Gasteiger partial charge in [0.15, 0.2) is 6.10 Å². The molecule has 0 radical (unpaired) electrons. The van der Waals surface area contributed by atoms with Crippen molar-refractivity contribution in [2.45, 2.75) is 39.2 Å². The molecule has 5 heteroatoms. The van der Waals surface area contributed by atoms with E-state index >= 15 is 0 Å². The number of para-hydroxylation sites is 1. The van der Waals surface area contributed by atoms with Gasteiger partial charge in [0, 0.05) is 11.8 Å². The summed E-state index contributed by atoms with van der Waals surface area (Å²) < 4.78 is 18.3. The van der Waals surface area contributed by atoms with Crippen molar-refractivity contribution < 1.29 is 18.7 Å². The molecule has 0 saturated heterocycles. The second-order valence-corrected chi connectivity index (χ2v) is 6.35. The highest BCUT2D eigenvalue weighted by Crippen LogP contribution is 2.26. The van der Waals surface area contributed by atoms with Gasteiger partial charge in [0.1, 0.15) is 5.82 Å². The van der Waals surface area contributed by atoms with E-state index in [1.165, 1.54) is 31.2 Å². The topological polar surface area (TPSA) is 55.4 Å². The summed E-state index contributed by atoms with van der Waals surface area (Å²) in [6.07, 6.45) is 2.60. The summed E-state index contributed by atoms with van der Waals surface area (Å²) in [6.45, 7) is 5.68. The summed E-state index contributed by atoms with van der Waals surface area (Å²) >= 11 is 0. The van der Waals surface area contributed by atoms with Crippen molar-refractivity contribution in [3.8, 4) is 0 Å². The van der Waals surface area contributed by atoms with Crippen LogP contribution >= 0.6 is 0 Å². The van der Waals surface area contributed by atoms with Crippen molar-refractivity contribution in [1.29, 1.82) is 0 Å². The van der Waals surface area contributed by atoms with Gasteiger partial charge in [0.05, 0.1) is 0 Å². The van der Waals surface area contributed by atoms with E-state index in [1.807, 2.05) is 24.3 Å². The first-order chi connectivity index (χ1) is 12.9. The molecule has 0 bridgehead atoms. The lowest BCUT2D eigenvalue weighted by Crippen LogP contribution is -2.29. The van der Waals surface area contributed by atoms with Gasteiger partial charge in [0.2, 0.25) is 0 Å². The third-order valence-electron chi connectivity index (χ3n) is 4.28. The minimum Gasteiger partial charge on any atom is -0.449 e. The van der Waals surface area contributed by atoms with E-state index in [9.17, 15) is 14.0 Å². The quantitative estimate of drug-likeness (QED) is 0.556. The molecule has 142 valence electrons. The Morgan fingerprint density at radius 3 is 2.59 bits per heavy atom. The van der Waals surface area contributed by atoms with Crippen LogP contribution in [0.5, 0.6) is 0 Å². The number of carbonyl (C=O) groups is 2. The first kappa shape index (κ1) is 20.4. The summed E-state index contributed by atoms with van der Waals surface area (Å²) in [4.78, 5) is 24.3. The van der Waals surface area contributed by atoms with Crippen molar-refractivity contribution in [2.75, 3.05) is 5.32 Å². The Labute approximate surface area is 159 Å². The Morgan fingerprint density at radius 1 is 1.15 bits per heavy atom. The van der Waals surface area contributed by atoms with Crippen LogP contribution in [0.3, 0.4) is 0 Å². The lowest BCUT2D eigenvalue weighted by Gasteiger charge is -2.17. The van der Waals surface area contributed by atoms with Crippen LogP contribution in [0.25, 0.3) is 6.08 Å². The Bertz CT molecular complexity index is 832. The number of hydrogen-bond acceptors (Lipinski definition) is 3. The molecule has 2 atom stereocenters. The Hall–Kier alpha value is -2.95. The van der Waals surface area contributed by atoms with E-state index in [1.54, 1.807) is 12.1 Å². The zero-order valence-corrected chi connectivity index (χ0v) is 15.7. The molecule has 0 unspecified atom stereocenters. The summed E-state index contributed by atoms with van der Waals surface area (Å²) in [6, 6.07) is 13.4. The molecular formula is C22H24FNO3. The van der Waals surface area contributed by atoms with Crippen molar-refractivity contribution in [1.82, 2.24) is 0 Å². The van der Waals surface area contributed by atoms with E-state index in [2.05, 4.69) is 19.2 Å². The van der Waals surface area contributed by atoms with E-state index in [-0.39, 0.29) is 0 Å². The molecule has 0 aliphatic heterocycles. The zero-order chi connectivity index (χ0) is 19.8. The fourth-order valence-corrected chi connectivity index (χ4v) is 2.54. The standard InChI is InChI=1S/C22H24FNO3/c1-4-15(2)19-10-5-6-11-20(19)24-22(26)16(3)27-21(25)13-12-17-8-7-9-18(23)14-17/h5-16H,4H2,1-3H3,(H,24,26)/b13-12+/t15-,16-/m1/s1. The van der Waals surface area contributed by atoms with Gasteiger partial charge in [-0.3, -0.25) is 4.79 Å². The average molecular weight is 369 g/mol. The summed E-state index contributed by atoms with van der Waals surface area (Å²) in [5.74, 6) is -1.16. The van der Waals surface area contributed by atoms with Gasteiger partial charge in [-0.25, -0.2) is 9.18 Å². The number of hydrogen-bond donors (Lipinski definition) is 1. The number of amides is 1. The average Bonchev–Trinajstić information content (AvgIpc) is 2.66. The molecule has 0 saturated carbocycles. The second kappa shape index (κ2) is 9.67. The number of carbonyl (C=O) groups excluding carboxylic acids is 2. The largest absolute Gasteiger partial charge is 0.449 e. The van der Waals surface area contributed by atoms with Crippen LogP contribution in [-0.2, 0) is 14.3 Å². The van der Waals surface area contributed by atoms with Crippen molar-refractivity contribution >= 4 is 23.6 Å². The molecule has 0 aliphatic carbocycles. The molecule has 2 aromatic rings. The third-order valence-corrected chi connectivity index (χ3v) is 4.28. The van der Waals surface area contributed by atoms with Crippen LogP contribution in [0, 0.1) is 5.82 Å². The summed E-state index contributed by atoms with van der Waals surface area (Å²) in [5.41, 5.74) is 2.29. The van der Waals surface area contributed by atoms with Gasteiger partial charge in [-0.2, -0.15) is 0 Å². The van der Waals surface area contributed by atoms with Gasteiger partial charge in [-0.15, -0.1) is 0 Å². The minimum absolute atomic E-state index is 0.300. The smallest absolute Gasteiger partial charge is 0.331 e. The van der Waals surface area contributed by atoms with Crippen LogP contribution in [0.1, 0.15) is 44.2 Å². The highest BCUT2D eigenvalue weighted by Gasteiger charge is 2.18. The predicted octanol–water partition coefficient (Wildman–Crippen LogP) is 4.92. The normalized spacial score (nSPS) is 13.2. The van der Waals surface area contributed by atoms with Crippen LogP contribution in [0.2, 0.25) is 0 Å². The van der Waals surface area contributed by atoms with Crippen molar-refractivity contribution in [2.24, 2.45) is 0 Å². The molecule has 0 aromatic heterocycles. The van der Waals surface area contributed by atoms with E-state index < -0.39 is 23.8 Å². The number of benzene rings is 2. The molecule has 4 nitrogen and oxygen atoms in total. The monoisotopic (exact) mass is 369 g/mol.